The van der Waals surface area contributed by atoms with Crippen molar-refractivity contribution in [2.75, 3.05) is 0 Å². The summed E-state index contributed by atoms with van der Waals surface area (Å²) in [6, 6.07) is 4.79. The summed E-state index contributed by atoms with van der Waals surface area (Å²) in [6.45, 7) is 2.30. The molecule has 4 aromatic heterocycles. The molecule has 0 N–H and O–H groups in total. The zero-order chi connectivity index (χ0) is 18.5. The summed E-state index contributed by atoms with van der Waals surface area (Å²) in [6.07, 6.45) is 17.0. The maximum absolute atomic E-state index is 2.50. The van der Waals surface area contributed by atoms with Gasteiger partial charge in [0.2, 0.25) is 0 Å². The monoisotopic (exact) mass is 434 g/mol. The summed E-state index contributed by atoms with van der Waals surface area (Å²) in [7, 11) is 0. The first-order valence-electron chi connectivity index (χ1n) is 10.7. The second-order valence-corrected chi connectivity index (χ2v) is 12.3. The number of rotatable bonds is 12. The maximum atomic E-state index is 2.50. The molecule has 0 unspecified atom stereocenters. The second-order valence-electron chi connectivity index (χ2n) is 7.68. The highest BCUT2D eigenvalue weighted by molar-refractivity contribution is 7.49. The molecule has 4 aromatic rings. The normalized spacial score (nSPS) is 12.2. The molecule has 0 radical (unpaired) electrons. The fourth-order valence-corrected chi connectivity index (χ4v) is 9.21. The number of thiophene rings is 4. The zero-order valence-electron chi connectivity index (χ0n) is 16.4. The zero-order valence-corrected chi connectivity index (χ0v) is 19.6. The minimum atomic E-state index is 1.28. The number of unbranched alkanes of at least 4 members (excludes halogenated alkanes) is 10. The highest BCUT2D eigenvalue weighted by atomic mass is 32.2. The van der Waals surface area contributed by atoms with E-state index in [1.165, 1.54) is 96.5 Å². The van der Waals surface area contributed by atoms with Gasteiger partial charge in [-0.25, -0.2) is 0 Å². The van der Waals surface area contributed by atoms with Gasteiger partial charge in [0.25, 0.3) is 0 Å². The van der Waals surface area contributed by atoms with Crippen LogP contribution in [-0.2, 0) is 6.42 Å². The minimum absolute atomic E-state index is 1.28. The molecule has 4 heteroatoms. The van der Waals surface area contributed by atoms with E-state index >= 15 is 0 Å². The van der Waals surface area contributed by atoms with Crippen molar-refractivity contribution < 1.29 is 0 Å². The van der Waals surface area contributed by atoms with Gasteiger partial charge in [0.1, 0.15) is 0 Å². The Morgan fingerprint density at radius 1 is 0.667 bits per heavy atom. The van der Waals surface area contributed by atoms with Crippen LogP contribution < -0.4 is 0 Å². The van der Waals surface area contributed by atoms with Crippen molar-refractivity contribution in [1.29, 1.82) is 0 Å². The van der Waals surface area contributed by atoms with E-state index in [1.807, 2.05) is 45.3 Å². The van der Waals surface area contributed by atoms with Crippen LogP contribution >= 0.6 is 45.3 Å². The molecule has 4 heterocycles. The topological polar surface area (TPSA) is 0 Å². The smallest absolute Gasteiger partial charge is 0.0889 e. The molecule has 0 aliphatic carbocycles. The molecular weight excluding hydrogens is 405 g/mol. The van der Waals surface area contributed by atoms with E-state index < -0.39 is 0 Å². The fraction of sp³-hybridized carbons (Fsp3) is 0.565. The molecule has 0 saturated carbocycles. The minimum Gasteiger partial charge on any atom is -0.133 e. The Balaban J connectivity index is 1.17. The van der Waals surface area contributed by atoms with Gasteiger partial charge in [-0.15, -0.1) is 45.3 Å². The highest BCUT2D eigenvalue weighted by Crippen LogP contribution is 2.48. The summed E-state index contributed by atoms with van der Waals surface area (Å²) in [5, 5.41) is 5.25. The fourth-order valence-electron chi connectivity index (χ4n) is 3.92. The molecule has 0 aliphatic rings. The molecule has 0 bridgehead atoms. The molecule has 0 aromatic carbocycles. The van der Waals surface area contributed by atoms with Crippen molar-refractivity contribution in [2.45, 2.75) is 84.0 Å². The average molecular weight is 435 g/mol. The molecule has 0 saturated heterocycles. The van der Waals surface area contributed by atoms with Crippen LogP contribution in [0, 0.1) is 0 Å². The summed E-state index contributed by atoms with van der Waals surface area (Å²) in [4.78, 5) is 1.60. The van der Waals surface area contributed by atoms with Crippen LogP contribution in [0.5, 0.6) is 0 Å². The summed E-state index contributed by atoms with van der Waals surface area (Å²) < 4.78 is 6.11. The lowest BCUT2D eigenvalue weighted by molar-refractivity contribution is 0.550. The summed E-state index contributed by atoms with van der Waals surface area (Å²) in [5.41, 5.74) is 0. The van der Waals surface area contributed by atoms with Crippen LogP contribution in [0.25, 0.3) is 28.2 Å². The van der Waals surface area contributed by atoms with Gasteiger partial charge in [-0.2, -0.15) is 0 Å². The van der Waals surface area contributed by atoms with E-state index in [4.69, 9.17) is 0 Å². The lowest BCUT2D eigenvalue weighted by atomic mass is 10.1. The van der Waals surface area contributed by atoms with Gasteiger partial charge < -0.3 is 0 Å². The van der Waals surface area contributed by atoms with Crippen molar-refractivity contribution in [3.8, 4) is 0 Å². The van der Waals surface area contributed by atoms with Crippen LogP contribution in [0.1, 0.15) is 82.4 Å². The third kappa shape index (κ3) is 4.77. The molecule has 0 amide bonds. The van der Waals surface area contributed by atoms with E-state index in [0.717, 1.165) is 0 Å². The van der Waals surface area contributed by atoms with Crippen molar-refractivity contribution in [3.63, 3.8) is 0 Å². The van der Waals surface area contributed by atoms with Crippen LogP contribution in [0.15, 0.2) is 17.5 Å². The quantitative estimate of drug-likeness (QED) is 0.194. The van der Waals surface area contributed by atoms with Gasteiger partial charge in [0.05, 0.1) is 17.4 Å². The standard InChI is InChI=1S/C23H30S4/c1-2-3-4-5-6-7-8-9-10-11-12-13-17-16-19-21-20(27-23(19)25-17)18-14-15-24-22(18)26-21/h14-16H,2-13H2,1H3. The molecule has 4 rings (SSSR count). The van der Waals surface area contributed by atoms with E-state index in [0.29, 0.717) is 0 Å². The molecular formula is C23H30S4. The van der Waals surface area contributed by atoms with Crippen molar-refractivity contribution in [2.24, 2.45) is 0 Å². The highest BCUT2D eigenvalue weighted by Gasteiger charge is 2.15. The summed E-state index contributed by atoms with van der Waals surface area (Å²) >= 11 is 7.96. The van der Waals surface area contributed by atoms with Gasteiger partial charge in [-0.1, -0.05) is 71.1 Å². The van der Waals surface area contributed by atoms with Crippen molar-refractivity contribution in [1.82, 2.24) is 0 Å². The number of hydrogen-bond donors (Lipinski definition) is 0. The van der Waals surface area contributed by atoms with Crippen LogP contribution in [0.2, 0.25) is 0 Å². The summed E-state index contributed by atoms with van der Waals surface area (Å²) in [5.74, 6) is 0. The SMILES string of the molecule is CCCCCCCCCCCCCc1cc2c(s1)sc1c3ccsc3sc21. The van der Waals surface area contributed by atoms with Gasteiger partial charge in [0, 0.05) is 15.6 Å². The third-order valence-electron chi connectivity index (χ3n) is 5.49. The Hall–Kier alpha value is -0.420. The third-order valence-corrected chi connectivity index (χ3v) is 10.4. The second kappa shape index (κ2) is 9.87. The molecule has 0 nitrogen and oxygen atoms in total. The molecule has 0 aliphatic heterocycles. The van der Waals surface area contributed by atoms with Crippen molar-refractivity contribution >= 4 is 73.5 Å². The molecule has 146 valence electrons. The Bertz CT molecular complexity index is 965. The molecule has 0 fully saturated rings. The van der Waals surface area contributed by atoms with Gasteiger partial charge in [0.15, 0.2) is 0 Å². The van der Waals surface area contributed by atoms with E-state index in [9.17, 15) is 0 Å². The number of aryl methyl sites for hydroxylation is 1. The van der Waals surface area contributed by atoms with E-state index in [2.05, 4.69) is 24.4 Å². The predicted molar refractivity (Wildman–Crippen MR) is 131 cm³/mol. The van der Waals surface area contributed by atoms with Crippen LogP contribution in [0.4, 0.5) is 0 Å². The first-order chi connectivity index (χ1) is 13.4. The molecule has 0 atom stereocenters. The van der Waals surface area contributed by atoms with E-state index in [1.54, 1.807) is 13.6 Å². The van der Waals surface area contributed by atoms with Gasteiger partial charge >= 0.3 is 0 Å². The molecule has 27 heavy (non-hydrogen) atoms. The Morgan fingerprint density at radius 2 is 1.30 bits per heavy atom. The van der Waals surface area contributed by atoms with Crippen molar-refractivity contribution in [3.05, 3.63) is 22.4 Å². The Labute approximate surface area is 179 Å². The van der Waals surface area contributed by atoms with Gasteiger partial charge in [-0.05, 0) is 30.4 Å². The molecule has 0 spiro atoms. The number of fused-ring (bicyclic) bond motifs is 5. The lowest BCUT2D eigenvalue weighted by Gasteiger charge is -2.02. The maximum Gasteiger partial charge on any atom is 0.0889 e. The predicted octanol–water partition coefficient (Wildman–Crippen LogP) is 10.2. The van der Waals surface area contributed by atoms with E-state index in [-0.39, 0.29) is 0 Å². The van der Waals surface area contributed by atoms with Crippen LogP contribution in [0.3, 0.4) is 0 Å². The Kier molecular flexibility index (Phi) is 7.26. The van der Waals surface area contributed by atoms with Crippen LogP contribution in [-0.4, -0.2) is 0 Å². The lowest BCUT2D eigenvalue weighted by Crippen LogP contribution is -1.84. The Morgan fingerprint density at radius 3 is 2.04 bits per heavy atom. The first kappa shape index (κ1) is 19.9. The largest absolute Gasteiger partial charge is 0.133 e. The average Bonchev–Trinajstić information content (AvgIpc) is 3.39. The number of hydrogen-bond acceptors (Lipinski definition) is 4. The van der Waals surface area contributed by atoms with Gasteiger partial charge in [-0.3, -0.25) is 0 Å². The first-order valence-corrected chi connectivity index (χ1v) is 14.0.